The number of nitriles is 1. The van der Waals surface area contributed by atoms with Gasteiger partial charge in [-0.15, -0.1) is 0 Å². The number of methoxy groups -OCH3 is 1. The van der Waals surface area contributed by atoms with E-state index < -0.39 is 17.7 Å². The van der Waals surface area contributed by atoms with E-state index in [9.17, 15) is 19.6 Å². The third-order valence-electron chi connectivity index (χ3n) is 7.06. The van der Waals surface area contributed by atoms with Crippen molar-refractivity contribution in [2.24, 2.45) is 0 Å². The molecule has 12 heteroatoms. The molecule has 0 saturated carbocycles. The van der Waals surface area contributed by atoms with Crippen LogP contribution in [0.5, 0.6) is 5.75 Å². The highest BCUT2D eigenvalue weighted by Gasteiger charge is 2.27. The zero-order valence-corrected chi connectivity index (χ0v) is 23.6. The monoisotopic (exact) mass is 573 g/mol. The summed E-state index contributed by atoms with van der Waals surface area (Å²) < 4.78 is 27.2. The Morgan fingerprint density at radius 2 is 2.00 bits per heavy atom. The summed E-state index contributed by atoms with van der Waals surface area (Å²) in [5.74, 6) is 0.0971. The molecule has 0 radical (unpaired) electrons. The number of amides is 1. The summed E-state index contributed by atoms with van der Waals surface area (Å²) in [6.45, 7) is 5.08. The SMILES string of the molecule is COc1cc(Nc2cc(-c3ccc4cc(C#N)cnn34)ncc2C(=O)NC[C@@H](F)C(C)(C)O)ccc1N1CCOCC1. The van der Waals surface area contributed by atoms with E-state index in [2.05, 4.69) is 31.7 Å². The van der Waals surface area contributed by atoms with Crippen molar-refractivity contribution in [3.05, 3.63) is 66.0 Å². The summed E-state index contributed by atoms with van der Waals surface area (Å²) in [7, 11) is 1.60. The number of ether oxygens (including phenoxy) is 2. The van der Waals surface area contributed by atoms with Crippen molar-refractivity contribution in [1.29, 1.82) is 5.26 Å². The average Bonchev–Trinajstić information content (AvgIpc) is 3.42. The van der Waals surface area contributed by atoms with Crippen molar-refractivity contribution in [2.75, 3.05) is 50.2 Å². The van der Waals surface area contributed by atoms with E-state index in [0.29, 0.717) is 52.8 Å². The molecule has 0 spiro atoms. The lowest BCUT2D eigenvalue weighted by Gasteiger charge is -2.30. The van der Waals surface area contributed by atoms with Crippen molar-refractivity contribution in [3.8, 4) is 23.2 Å². The van der Waals surface area contributed by atoms with Crippen LogP contribution in [0, 0.1) is 11.3 Å². The van der Waals surface area contributed by atoms with Crippen LogP contribution in [0.2, 0.25) is 0 Å². The molecular weight excluding hydrogens is 541 g/mol. The van der Waals surface area contributed by atoms with E-state index in [4.69, 9.17) is 9.47 Å². The van der Waals surface area contributed by atoms with Gasteiger partial charge in [0.05, 0.1) is 78.1 Å². The first-order chi connectivity index (χ1) is 20.2. The molecule has 0 unspecified atom stereocenters. The van der Waals surface area contributed by atoms with Crippen molar-refractivity contribution in [1.82, 2.24) is 19.9 Å². The van der Waals surface area contributed by atoms with E-state index in [1.54, 1.807) is 23.8 Å². The number of hydrogen-bond donors (Lipinski definition) is 3. The van der Waals surface area contributed by atoms with Crippen LogP contribution >= 0.6 is 0 Å². The highest BCUT2D eigenvalue weighted by molar-refractivity contribution is 6.00. The Hall–Kier alpha value is -4.73. The van der Waals surface area contributed by atoms with Crippen molar-refractivity contribution in [3.63, 3.8) is 0 Å². The molecule has 5 rings (SSSR count). The third-order valence-corrected chi connectivity index (χ3v) is 7.06. The molecule has 1 aromatic carbocycles. The number of aliphatic hydroxyl groups is 1. The standard InChI is InChI=1S/C30H32FN7O4/c1-30(2,40)28(31)18-34-29(39)22-17-33-24(25-7-5-21-12-19(15-32)16-35-38(21)25)14-23(22)36-20-4-6-26(27(13-20)41-3)37-8-10-42-11-9-37/h4-7,12-14,16-17,28,40H,8-11,18H2,1-3H3,(H,33,36)(H,34,39)/t28-/m1/s1. The Morgan fingerprint density at radius 1 is 1.21 bits per heavy atom. The number of fused-ring (bicyclic) bond motifs is 1. The fourth-order valence-corrected chi connectivity index (χ4v) is 4.64. The van der Waals surface area contributed by atoms with Crippen molar-refractivity contribution < 1.29 is 23.8 Å². The molecule has 1 atom stereocenters. The van der Waals surface area contributed by atoms with Crippen LogP contribution in [-0.2, 0) is 4.74 Å². The summed E-state index contributed by atoms with van der Waals surface area (Å²) in [6, 6.07) is 14.8. The third kappa shape index (κ3) is 6.12. The minimum Gasteiger partial charge on any atom is -0.495 e. The number of hydrogen-bond acceptors (Lipinski definition) is 9. The Kier molecular flexibility index (Phi) is 8.24. The molecular formula is C30H32FN7O4. The number of nitrogens with one attached hydrogen (secondary N) is 2. The molecule has 0 bridgehead atoms. The molecule has 1 aliphatic rings. The van der Waals surface area contributed by atoms with Gasteiger partial charge in [0.2, 0.25) is 0 Å². The summed E-state index contributed by atoms with van der Waals surface area (Å²) >= 11 is 0. The largest absolute Gasteiger partial charge is 0.495 e. The Balaban J connectivity index is 1.50. The first-order valence-corrected chi connectivity index (χ1v) is 13.5. The van der Waals surface area contributed by atoms with Crippen LogP contribution < -0.4 is 20.3 Å². The first-order valence-electron chi connectivity index (χ1n) is 13.5. The molecule has 0 aliphatic carbocycles. The number of anilines is 3. The summed E-state index contributed by atoms with van der Waals surface area (Å²) in [5.41, 5.74) is 2.89. The van der Waals surface area contributed by atoms with Gasteiger partial charge in [-0.05, 0) is 50.2 Å². The minimum atomic E-state index is -1.67. The lowest BCUT2D eigenvalue weighted by atomic mass is 10.0. The quantitative estimate of drug-likeness (QED) is 0.274. The Bertz CT molecular complexity index is 1640. The van der Waals surface area contributed by atoms with Crippen molar-refractivity contribution in [2.45, 2.75) is 25.6 Å². The topological polar surface area (TPSA) is 137 Å². The highest BCUT2D eigenvalue weighted by atomic mass is 19.1. The van der Waals surface area contributed by atoms with Gasteiger partial charge in [0, 0.05) is 31.0 Å². The number of carbonyl (C=O) groups is 1. The van der Waals surface area contributed by atoms with Crippen LogP contribution in [0.4, 0.5) is 21.5 Å². The van der Waals surface area contributed by atoms with Crippen LogP contribution in [0.1, 0.15) is 29.8 Å². The predicted molar refractivity (Wildman–Crippen MR) is 156 cm³/mol. The highest BCUT2D eigenvalue weighted by Crippen LogP contribution is 2.34. The van der Waals surface area contributed by atoms with Crippen LogP contribution in [0.3, 0.4) is 0 Å². The van der Waals surface area contributed by atoms with E-state index >= 15 is 0 Å². The molecule has 42 heavy (non-hydrogen) atoms. The lowest BCUT2D eigenvalue weighted by Crippen LogP contribution is -2.42. The Labute approximate surface area is 242 Å². The fourth-order valence-electron chi connectivity index (χ4n) is 4.64. The number of carbonyl (C=O) groups excluding carboxylic acids is 1. The second kappa shape index (κ2) is 12.0. The number of halogens is 1. The molecule has 218 valence electrons. The number of morpholine rings is 1. The van der Waals surface area contributed by atoms with E-state index in [1.807, 2.05) is 30.3 Å². The van der Waals surface area contributed by atoms with Gasteiger partial charge in [-0.1, -0.05) is 0 Å². The summed E-state index contributed by atoms with van der Waals surface area (Å²) in [4.78, 5) is 19.9. The molecule has 11 nitrogen and oxygen atoms in total. The molecule has 1 amide bonds. The van der Waals surface area contributed by atoms with Gasteiger partial charge in [0.15, 0.2) is 0 Å². The Morgan fingerprint density at radius 3 is 2.71 bits per heavy atom. The second-order valence-electron chi connectivity index (χ2n) is 10.5. The minimum absolute atomic E-state index is 0.179. The molecule has 3 aromatic heterocycles. The van der Waals surface area contributed by atoms with E-state index in [1.165, 1.54) is 26.2 Å². The zero-order valence-electron chi connectivity index (χ0n) is 23.6. The summed E-state index contributed by atoms with van der Waals surface area (Å²) in [6.07, 6.45) is 1.21. The number of benzene rings is 1. The predicted octanol–water partition coefficient (Wildman–Crippen LogP) is 3.70. The lowest BCUT2D eigenvalue weighted by molar-refractivity contribution is -0.00177. The maximum Gasteiger partial charge on any atom is 0.255 e. The van der Waals surface area contributed by atoms with Gasteiger partial charge in [-0.2, -0.15) is 10.4 Å². The van der Waals surface area contributed by atoms with Crippen molar-refractivity contribution >= 4 is 28.5 Å². The van der Waals surface area contributed by atoms with E-state index in [-0.39, 0.29) is 12.1 Å². The molecule has 1 saturated heterocycles. The van der Waals surface area contributed by atoms with Gasteiger partial charge in [0.1, 0.15) is 18.0 Å². The fraction of sp³-hybridized carbons (Fsp3) is 0.333. The number of rotatable bonds is 9. The van der Waals surface area contributed by atoms with Crippen LogP contribution in [0.15, 0.2) is 54.9 Å². The maximum atomic E-state index is 14.4. The number of nitrogens with zero attached hydrogens (tertiary/aromatic N) is 5. The van der Waals surface area contributed by atoms with E-state index in [0.717, 1.165) is 18.8 Å². The van der Waals surface area contributed by atoms with Gasteiger partial charge in [-0.25, -0.2) is 8.91 Å². The molecule has 4 aromatic rings. The zero-order chi connectivity index (χ0) is 29.9. The van der Waals surface area contributed by atoms with Crippen LogP contribution in [-0.4, -0.2) is 77.3 Å². The first kappa shape index (κ1) is 28.8. The molecule has 1 aliphatic heterocycles. The van der Waals surface area contributed by atoms with Gasteiger partial charge in [0.25, 0.3) is 5.91 Å². The van der Waals surface area contributed by atoms with Crippen LogP contribution in [0.25, 0.3) is 16.9 Å². The maximum absolute atomic E-state index is 14.4. The molecule has 1 fully saturated rings. The van der Waals surface area contributed by atoms with Gasteiger partial charge in [-0.3, -0.25) is 9.78 Å². The normalized spacial score (nSPS) is 14.3. The number of aromatic nitrogens is 3. The average molecular weight is 574 g/mol. The second-order valence-corrected chi connectivity index (χ2v) is 10.5. The molecule has 4 heterocycles. The number of alkyl halides is 1. The molecule has 3 N–H and O–H groups in total. The summed E-state index contributed by atoms with van der Waals surface area (Å²) in [5, 5.41) is 29.4. The number of pyridine rings is 1. The smallest absolute Gasteiger partial charge is 0.255 e. The van der Waals surface area contributed by atoms with Gasteiger partial charge >= 0.3 is 0 Å². The van der Waals surface area contributed by atoms with Gasteiger partial charge < -0.3 is 30.1 Å².